The van der Waals surface area contributed by atoms with E-state index in [0.29, 0.717) is 10.4 Å². The Kier molecular flexibility index (Phi) is 2.55. The van der Waals surface area contributed by atoms with E-state index >= 15 is 0 Å². The van der Waals surface area contributed by atoms with Crippen LogP contribution in [0.2, 0.25) is 5.15 Å². The number of nitrogens with zero attached hydrogens (tertiary/aromatic N) is 3. The topological polar surface area (TPSA) is 61.8 Å². The number of hydrogen-bond donors (Lipinski definition) is 1. The van der Waals surface area contributed by atoms with Crippen molar-refractivity contribution in [3.05, 3.63) is 40.8 Å². The molecule has 4 nitrogen and oxygen atoms in total. The molecule has 0 amide bonds. The first kappa shape index (κ1) is 10.5. The quantitative estimate of drug-likeness (QED) is 0.771. The number of rotatable bonds is 1. The Hall–Kier alpha value is -1.99. The van der Waals surface area contributed by atoms with Crippen LogP contribution in [0.15, 0.2) is 24.3 Å². The molecule has 0 atom stereocenters. The highest BCUT2D eigenvalue weighted by molar-refractivity contribution is 6.32. The average molecular weight is 234 g/mol. The van der Waals surface area contributed by atoms with Crippen molar-refractivity contribution >= 4 is 11.6 Å². The molecule has 1 aromatic carbocycles. The SMILES string of the molecule is Cc1ccc(-c2nc(C#N)n(O)c2Cl)cc1. The monoisotopic (exact) mass is 233 g/mol. The molecule has 16 heavy (non-hydrogen) atoms. The molecule has 2 aromatic rings. The lowest BCUT2D eigenvalue weighted by molar-refractivity contribution is 0.183. The number of aromatic nitrogens is 2. The van der Waals surface area contributed by atoms with E-state index in [0.717, 1.165) is 11.1 Å². The van der Waals surface area contributed by atoms with Crippen LogP contribution in [0.4, 0.5) is 0 Å². The molecule has 0 radical (unpaired) electrons. The van der Waals surface area contributed by atoms with E-state index in [4.69, 9.17) is 16.9 Å². The van der Waals surface area contributed by atoms with Crippen molar-refractivity contribution in [3.63, 3.8) is 0 Å². The Morgan fingerprint density at radius 1 is 1.38 bits per heavy atom. The minimum Gasteiger partial charge on any atom is -0.425 e. The minimum absolute atomic E-state index is 0.0420. The lowest BCUT2D eigenvalue weighted by Crippen LogP contribution is -1.93. The van der Waals surface area contributed by atoms with E-state index in [1.165, 1.54) is 0 Å². The van der Waals surface area contributed by atoms with Gasteiger partial charge < -0.3 is 5.21 Å². The molecule has 80 valence electrons. The molecule has 2 rings (SSSR count). The summed E-state index contributed by atoms with van der Waals surface area (Å²) in [6.07, 6.45) is 0. The Morgan fingerprint density at radius 3 is 2.50 bits per heavy atom. The van der Waals surface area contributed by atoms with Crippen molar-refractivity contribution in [2.24, 2.45) is 0 Å². The van der Waals surface area contributed by atoms with Crippen LogP contribution >= 0.6 is 11.6 Å². The van der Waals surface area contributed by atoms with Gasteiger partial charge in [-0.25, -0.2) is 4.98 Å². The summed E-state index contributed by atoms with van der Waals surface area (Å²) in [6.45, 7) is 1.97. The normalized spacial score (nSPS) is 10.1. The summed E-state index contributed by atoms with van der Waals surface area (Å²) in [4.78, 5) is 3.95. The van der Waals surface area contributed by atoms with Crippen LogP contribution < -0.4 is 0 Å². The molecular formula is C11H8ClN3O. The van der Waals surface area contributed by atoms with Crippen molar-refractivity contribution in [1.82, 2.24) is 9.71 Å². The van der Waals surface area contributed by atoms with E-state index in [1.54, 1.807) is 6.07 Å². The van der Waals surface area contributed by atoms with Gasteiger partial charge in [0.05, 0.1) is 0 Å². The fourth-order valence-electron chi connectivity index (χ4n) is 1.36. The number of aryl methyl sites for hydroxylation is 1. The van der Waals surface area contributed by atoms with E-state index in [1.807, 2.05) is 31.2 Å². The van der Waals surface area contributed by atoms with Crippen molar-refractivity contribution in [2.45, 2.75) is 6.92 Å². The highest BCUT2D eigenvalue weighted by atomic mass is 35.5. The van der Waals surface area contributed by atoms with Crippen molar-refractivity contribution < 1.29 is 5.21 Å². The first-order valence-electron chi connectivity index (χ1n) is 4.58. The summed E-state index contributed by atoms with van der Waals surface area (Å²) >= 11 is 5.87. The minimum atomic E-state index is -0.124. The van der Waals surface area contributed by atoms with Gasteiger partial charge in [0.1, 0.15) is 11.8 Å². The molecule has 0 fully saturated rings. The zero-order chi connectivity index (χ0) is 11.7. The maximum absolute atomic E-state index is 9.43. The van der Waals surface area contributed by atoms with E-state index < -0.39 is 0 Å². The summed E-state index contributed by atoms with van der Waals surface area (Å²) < 4.78 is 0.580. The zero-order valence-corrected chi connectivity index (χ0v) is 9.23. The number of halogens is 1. The van der Waals surface area contributed by atoms with Crippen LogP contribution in [-0.4, -0.2) is 14.9 Å². The van der Waals surface area contributed by atoms with Crippen LogP contribution in [0, 0.1) is 18.3 Å². The summed E-state index contributed by atoms with van der Waals surface area (Å²) in [5.74, 6) is -0.124. The van der Waals surface area contributed by atoms with Crippen molar-refractivity contribution in [3.8, 4) is 17.3 Å². The Balaban J connectivity index is 2.57. The summed E-state index contributed by atoms with van der Waals surface area (Å²) in [5.41, 5.74) is 2.28. The molecule has 0 aliphatic heterocycles. The largest absolute Gasteiger partial charge is 0.425 e. The number of imidazole rings is 1. The second kappa shape index (κ2) is 3.87. The first-order chi connectivity index (χ1) is 7.63. The second-order valence-corrected chi connectivity index (χ2v) is 3.72. The Bertz CT molecular complexity index is 566. The molecule has 0 aliphatic carbocycles. The van der Waals surface area contributed by atoms with Crippen LogP contribution in [0.5, 0.6) is 0 Å². The van der Waals surface area contributed by atoms with Crippen molar-refractivity contribution in [2.75, 3.05) is 0 Å². The number of nitriles is 1. The van der Waals surface area contributed by atoms with Crippen LogP contribution in [0.25, 0.3) is 11.3 Å². The van der Waals surface area contributed by atoms with Gasteiger partial charge in [-0.1, -0.05) is 41.4 Å². The summed E-state index contributed by atoms with van der Waals surface area (Å²) in [7, 11) is 0. The van der Waals surface area contributed by atoms with E-state index in [9.17, 15) is 5.21 Å². The van der Waals surface area contributed by atoms with Gasteiger partial charge in [-0.3, -0.25) is 0 Å². The molecule has 0 unspecified atom stereocenters. The maximum Gasteiger partial charge on any atom is 0.248 e. The first-order valence-corrected chi connectivity index (χ1v) is 4.96. The molecule has 0 aliphatic rings. The standard InChI is InChI=1S/C11H8ClN3O/c1-7-2-4-8(5-3-7)10-11(12)15(16)9(6-13)14-10/h2-5,16H,1H3. The fraction of sp³-hybridized carbons (Fsp3) is 0.0909. The predicted octanol–water partition coefficient (Wildman–Crippen LogP) is 2.62. The maximum atomic E-state index is 9.43. The predicted molar refractivity (Wildman–Crippen MR) is 59.3 cm³/mol. The molecule has 0 spiro atoms. The highest BCUT2D eigenvalue weighted by Crippen LogP contribution is 2.27. The van der Waals surface area contributed by atoms with E-state index in [2.05, 4.69) is 4.98 Å². The van der Waals surface area contributed by atoms with Gasteiger partial charge in [0, 0.05) is 5.56 Å². The smallest absolute Gasteiger partial charge is 0.248 e. The third kappa shape index (κ3) is 1.62. The van der Waals surface area contributed by atoms with Gasteiger partial charge in [0.2, 0.25) is 5.82 Å². The Morgan fingerprint density at radius 2 is 2.00 bits per heavy atom. The van der Waals surface area contributed by atoms with E-state index in [-0.39, 0.29) is 11.0 Å². The molecule has 1 N–H and O–H groups in total. The highest BCUT2D eigenvalue weighted by Gasteiger charge is 2.15. The van der Waals surface area contributed by atoms with Gasteiger partial charge in [-0.05, 0) is 6.92 Å². The van der Waals surface area contributed by atoms with Gasteiger partial charge in [-0.15, -0.1) is 4.73 Å². The third-order valence-electron chi connectivity index (χ3n) is 2.22. The number of benzene rings is 1. The van der Waals surface area contributed by atoms with Crippen LogP contribution in [0.3, 0.4) is 0 Å². The van der Waals surface area contributed by atoms with Gasteiger partial charge in [0.15, 0.2) is 5.15 Å². The Labute approximate surface area is 97.3 Å². The molecule has 0 bridgehead atoms. The van der Waals surface area contributed by atoms with Gasteiger partial charge in [0.25, 0.3) is 0 Å². The number of hydrogen-bond acceptors (Lipinski definition) is 3. The molecule has 1 aromatic heterocycles. The second-order valence-electron chi connectivity index (χ2n) is 3.36. The third-order valence-corrected chi connectivity index (χ3v) is 2.56. The van der Waals surface area contributed by atoms with Gasteiger partial charge in [-0.2, -0.15) is 5.26 Å². The average Bonchev–Trinajstić information content (AvgIpc) is 2.57. The molecule has 5 heteroatoms. The zero-order valence-electron chi connectivity index (χ0n) is 8.48. The van der Waals surface area contributed by atoms with Crippen LogP contribution in [0.1, 0.15) is 11.4 Å². The summed E-state index contributed by atoms with van der Waals surface area (Å²) in [6, 6.07) is 9.25. The lowest BCUT2D eigenvalue weighted by Gasteiger charge is -1.98. The lowest BCUT2D eigenvalue weighted by atomic mass is 10.1. The summed E-state index contributed by atoms with van der Waals surface area (Å²) in [5, 5.41) is 18.2. The molecule has 0 saturated carbocycles. The molecule has 1 heterocycles. The molecule has 0 saturated heterocycles. The molecular weight excluding hydrogens is 226 g/mol. The van der Waals surface area contributed by atoms with Gasteiger partial charge >= 0.3 is 0 Å². The van der Waals surface area contributed by atoms with Crippen molar-refractivity contribution in [1.29, 1.82) is 5.26 Å². The van der Waals surface area contributed by atoms with Crippen LogP contribution in [-0.2, 0) is 0 Å². The fourth-order valence-corrected chi connectivity index (χ4v) is 1.59.